The Morgan fingerprint density at radius 2 is 1.67 bits per heavy atom. The highest BCUT2D eigenvalue weighted by molar-refractivity contribution is 5.79. The number of fused-ring (bicyclic) bond motifs is 1. The zero-order valence-electron chi connectivity index (χ0n) is 10.1. The Hall–Kier alpha value is -2.33. The van der Waals surface area contributed by atoms with Crippen LogP contribution < -0.4 is 10.9 Å². The second-order valence-electron chi connectivity index (χ2n) is 4.17. The first-order chi connectivity index (χ1) is 8.77. The van der Waals surface area contributed by atoms with Gasteiger partial charge in [-0.3, -0.25) is 0 Å². The number of rotatable bonds is 2. The van der Waals surface area contributed by atoms with Crippen LogP contribution in [-0.4, -0.2) is 9.55 Å². The lowest BCUT2D eigenvalue weighted by atomic mass is 10.3. The number of benzene rings is 2. The molecule has 3 aromatic rings. The van der Waals surface area contributed by atoms with Crippen LogP contribution in [0.5, 0.6) is 0 Å². The minimum Gasteiger partial charge on any atom is -0.312 e. The van der Waals surface area contributed by atoms with E-state index in [0.717, 1.165) is 22.7 Å². The van der Waals surface area contributed by atoms with Gasteiger partial charge in [-0.2, -0.15) is 0 Å². The molecule has 2 aromatic carbocycles. The molecule has 0 atom stereocenters. The van der Waals surface area contributed by atoms with Crippen molar-refractivity contribution in [3.63, 3.8) is 0 Å². The van der Waals surface area contributed by atoms with Gasteiger partial charge in [-0.1, -0.05) is 30.3 Å². The summed E-state index contributed by atoms with van der Waals surface area (Å²) in [6.45, 7) is 0. The Kier molecular flexibility index (Phi) is 2.50. The molecule has 0 radical (unpaired) electrons. The van der Waals surface area contributed by atoms with Gasteiger partial charge in [0.15, 0.2) is 0 Å². The molecule has 0 saturated heterocycles. The van der Waals surface area contributed by atoms with Crippen LogP contribution in [0.3, 0.4) is 0 Å². The first-order valence-electron chi connectivity index (χ1n) is 5.79. The fourth-order valence-electron chi connectivity index (χ4n) is 2.05. The third-order valence-electron chi connectivity index (χ3n) is 3.01. The number of hydrogen-bond donors (Lipinski definition) is 1. The molecule has 0 aliphatic rings. The highest BCUT2D eigenvalue weighted by Crippen LogP contribution is 2.24. The molecule has 2 N–H and O–H groups in total. The van der Waals surface area contributed by atoms with Gasteiger partial charge < -0.3 is 4.57 Å². The molecule has 0 unspecified atom stereocenters. The molecule has 0 aliphatic heterocycles. The van der Waals surface area contributed by atoms with E-state index in [9.17, 15) is 0 Å². The molecule has 3 rings (SSSR count). The quantitative estimate of drug-likeness (QED) is 0.551. The minimum atomic E-state index is 0.724. The van der Waals surface area contributed by atoms with Crippen molar-refractivity contribution in [3.05, 3.63) is 54.6 Å². The van der Waals surface area contributed by atoms with E-state index in [1.807, 2.05) is 66.2 Å². The summed E-state index contributed by atoms with van der Waals surface area (Å²) >= 11 is 0. The van der Waals surface area contributed by atoms with Crippen LogP contribution in [0.25, 0.3) is 11.0 Å². The second-order valence-corrected chi connectivity index (χ2v) is 4.17. The van der Waals surface area contributed by atoms with E-state index in [4.69, 9.17) is 5.84 Å². The molecule has 18 heavy (non-hydrogen) atoms. The molecule has 90 valence electrons. The highest BCUT2D eigenvalue weighted by Gasteiger charge is 2.12. The zero-order chi connectivity index (χ0) is 12.5. The van der Waals surface area contributed by atoms with E-state index in [0.29, 0.717) is 0 Å². The van der Waals surface area contributed by atoms with Crippen molar-refractivity contribution in [2.75, 3.05) is 5.01 Å². The Morgan fingerprint density at radius 1 is 1.00 bits per heavy atom. The lowest BCUT2D eigenvalue weighted by Gasteiger charge is -2.17. The maximum Gasteiger partial charge on any atom is 0.225 e. The summed E-state index contributed by atoms with van der Waals surface area (Å²) in [5.41, 5.74) is 2.93. The number of nitrogens with two attached hydrogens (primary N) is 1. The molecule has 0 saturated carbocycles. The first-order valence-corrected chi connectivity index (χ1v) is 5.79. The highest BCUT2D eigenvalue weighted by atomic mass is 15.5. The van der Waals surface area contributed by atoms with Gasteiger partial charge in [0.1, 0.15) is 0 Å². The number of hydrogen-bond acceptors (Lipinski definition) is 3. The van der Waals surface area contributed by atoms with Gasteiger partial charge in [0.25, 0.3) is 0 Å². The molecule has 1 heterocycles. The summed E-state index contributed by atoms with van der Waals surface area (Å²) in [6.07, 6.45) is 0. The number of anilines is 2. The molecule has 0 bridgehead atoms. The summed E-state index contributed by atoms with van der Waals surface area (Å²) in [7, 11) is 1.97. The first kappa shape index (κ1) is 10.8. The lowest BCUT2D eigenvalue weighted by molar-refractivity contribution is 0.882. The lowest BCUT2D eigenvalue weighted by Crippen LogP contribution is -2.27. The van der Waals surface area contributed by atoms with Gasteiger partial charge in [-0.05, 0) is 24.3 Å². The normalized spacial score (nSPS) is 10.8. The van der Waals surface area contributed by atoms with Crippen LogP contribution in [0.1, 0.15) is 0 Å². The van der Waals surface area contributed by atoms with Crippen LogP contribution in [0.4, 0.5) is 11.6 Å². The van der Waals surface area contributed by atoms with Crippen molar-refractivity contribution in [1.29, 1.82) is 0 Å². The molecule has 0 aliphatic carbocycles. The van der Waals surface area contributed by atoms with Crippen molar-refractivity contribution in [3.8, 4) is 0 Å². The zero-order valence-corrected chi connectivity index (χ0v) is 10.1. The van der Waals surface area contributed by atoms with Crippen molar-refractivity contribution in [1.82, 2.24) is 9.55 Å². The number of aryl methyl sites for hydroxylation is 1. The van der Waals surface area contributed by atoms with Gasteiger partial charge in [0.2, 0.25) is 5.95 Å². The van der Waals surface area contributed by atoms with Crippen molar-refractivity contribution in [2.24, 2.45) is 12.9 Å². The summed E-state index contributed by atoms with van der Waals surface area (Å²) < 4.78 is 1.99. The van der Waals surface area contributed by atoms with Gasteiger partial charge in [-0.15, -0.1) is 0 Å². The van der Waals surface area contributed by atoms with E-state index in [1.54, 1.807) is 5.01 Å². The monoisotopic (exact) mass is 238 g/mol. The van der Waals surface area contributed by atoms with Gasteiger partial charge >= 0.3 is 0 Å². The fraction of sp³-hybridized carbons (Fsp3) is 0.0714. The van der Waals surface area contributed by atoms with E-state index >= 15 is 0 Å². The summed E-state index contributed by atoms with van der Waals surface area (Å²) in [6, 6.07) is 17.8. The molecular weight excluding hydrogens is 224 g/mol. The average molecular weight is 238 g/mol. The largest absolute Gasteiger partial charge is 0.312 e. The van der Waals surface area contributed by atoms with Crippen LogP contribution in [0.15, 0.2) is 54.6 Å². The number of para-hydroxylation sites is 3. The topological polar surface area (TPSA) is 47.1 Å². The van der Waals surface area contributed by atoms with E-state index < -0.39 is 0 Å². The number of hydrazine groups is 1. The molecular formula is C14H14N4. The molecule has 4 heteroatoms. The standard InChI is InChI=1S/C14H14N4/c1-17-13-10-6-5-9-12(13)16-14(17)18(15)11-7-3-2-4-8-11/h2-10H,15H2,1H3. The predicted molar refractivity (Wildman–Crippen MR) is 73.5 cm³/mol. The third-order valence-corrected chi connectivity index (χ3v) is 3.01. The average Bonchev–Trinajstić information content (AvgIpc) is 2.77. The maximum absolute atomic E-state index is 6.13. The molecule has 1 aromatic heterocycles. The SMILES string of the molecule is Cn1c(N(N)c2ccccc2)nc2ccccc21. The molecule has 0 amide bonds. The van der Waals surface area contributed by atoms with E-state index in [1.165, 1.54) is 0 Å². The summed E-state index contributed by atoms with van der Waals surface area (Å²) in [4.78, 5) is 4.55. The van der Waals surface area contributed by atoms with Crippen molar-refractivity contribution in [2.45, 2.75) is 0 Å². The number of nitrogens with zero attached hydrogens (tertiary/aromatic N) is 3. The maximum atomic E-state index is 6.13. The summed E-state index contributed by atoms with van der Waals surface area (Å²) in [5.74, 6) is 6.86. The molecule has 0 fully saturated rings. The van der Waals surface area contributed by atoms with Crippen LogP contribution in [0.2, 0.25) is 0 Å². The van der Waals surface area contributed by atoms with Crippen molar-refractivity contribution < 1.29 is 0 Å². The summed E-state index contributed by atoms with van der Waals surface area (Å²) in [5, 5.41) is 1.60. The molecule has 4 nitrogen and oxygen atoms in total. The predicted octanol–water partition coefficient (Wildman–Crippen LogP) is 2.59. The smallest absolute Gasteiger partial charge is 0.225 e. The van der Waals surface area contributed by atoms with Crippen LogP contribution in [-0.2, 0) is 7.05 Å². The van der Waals surface area contributed by atoms with Gasteiger partial charge in [0.05, 0.1) is 16.7 Å². The van der Waals surface area contributed by atoms with E-state index in [-0.39, 0.29) is 0 Å². The van der Waals surface area contributed by atoms with Gasteiger partial charge in [-0.25, -0.2) is 15.8 Å². The Morgan fingerprint density at radius 3 is 2.39 bits per heavy atom. The van der Waals surface area contributed by atoms with Crippen LogP contribution in [0, 0.1) is 0 Å². The number of aromatic nitrogens is 2. The Bertz CT molecular complexity index is 673. The third kappa shape index (κ3) is 1.63. The minimum absolute atomic E-state index is 0.724. The van der Waals surface area contributed by atoms with Crippen LogP contribution >= 0.6 is 0 Å². The van der Waals surface area contributed by atoms with Gasteiger partial charge in [0, 0.05) is 7.05 Å². The number of imidazole rings is 1. The fourth-order valence-corrected chi connectivity index (χ4v) is 2.05. The Balaban J connectivity index is 2.12. The second kappa shape index (κ2) is 4.16. The molecule has 0 spiro atoms. The Labute approximate surface area is 105 Å². The van der Waals surface area contributed by atoms with E-state index in [2.05, 4.69) is 4.98 Å². The van der Waals surface area contributed by atoms with Crippen molar-refractivity contribution >= 4 is 22.7 Å².